The van der Waals surface area contributed by atoms with Gasteiger partial charge in [0.15, 0.2) is 0 Å². The Morgan fingerprint density at radius 2 is 1.93 bits per heavy atom. The van der Waals surface area contributed by atoms with Crippen molar-refractivity contribution in [3.8, 4) is 0 Å². The first-order valence-electron chi connectivity index (χ1n) is 10.1. The predicted molar refractivity (Wildman–Crippen MR) is 107 cm³/mol. The molecule has 27 heavy (non-hydrogen) atoms. The number of hydrogen-bond acceptors (Lipinski definition) is 3. The van der Waals surface area contributed by atoms with Crippen LogP contribution in [0.1, 0.15) is 57.8 Å². The van der Waals surface area contributed by atoms with E-state index in [-0.39, 0.29) is 18.4 Å². The summed E-state index contributed by atoms with van der Waals surface area (Å²) in [6.07, 6.45) is 10.8. The van der Waals surface area contributed by atoms with Gasteiger partial charge in [0.1, 0.15) is 0 Å². The van der Waals surface area contributed by atoms with Crippen molar-refractivity contribution in [3.63, 3.8) is 0 Å². The lowest BCUT2D eigenvalue weighted by Crippen LogP contribution is -2.46. The Bertz CT molecular complexity index is 759. The number of nitrogens with zero attached hydrogens (tertiary/aromatic N) is 1. The molecule has 3 rings (SSSR count). The molecule has 1 amide bonds. The molecule has 0 bridgehead atoms. The van der Waals surface area contributed by atoms with Crippen molar-refractivity contribution in [1.82, 2.24) is 9.62 Å². The summed E-state index contributed by atoms with van der Waals surface area (Å²) in [5, 5.41) is 2.99. The van der Waals surface area contributed by atoms with E-state index in [9.17, 15) is 13.2 Å². The van der Waals surface area contributed by atoms with Crippen LogP contribution in [-0.4, -0.2) is 37.8 Å². The Balaban J connectivity index is 1.57. The molecule has 0 radical (unpaired) electrons. The summed E-state index contributed by atoms with van der Waals surface area (Å²) in [7, 11) is -3.55. The second-order valence-electron chi connectivity index (χ2n) is 7.49. The number of nitrogens with one attached hydrogen (secondary N) is 1. The number of piperidine rings is 1. The third-order valence-corrected chi connectivity index (χ3v) is 7.46. The zero-order valence-electron chi connectivity index (χ0n) is 15.9. The van der Waals surface area contributed by atoms with Crippen molar-refractivity contribution in [1.29, 1.82) is 0 Å². The van der Waals surface area contributed by atoms with Gasteiger partial charge >= 0.3 is 0 Å². The molecule has 0 aromatic heterocycles. The predicted octanol–water partition coefficient (Wildman–Crippen LogP) is 3.63. The average molecular weight is 391 g/mol. The van der Waals surface area contributed by atoms with Gasteiger partial charge in [0.05, 0.1) is 4.90 Å². The molecule has 5 nitrogen and oxygen atoms in total. The zero-order valence-corrected chi connectivity index (χ0v) is 16.7. The molecular formula is C21H30N2O3S. The lowest BCUT2D eigenvalue weighted by atomic mass is 9.97. The van der Waals surface area contributed by atoms with Crippen LogP contribution in [0.3, 0.4) is 0 Å². The number of carbonyl (C=O) groups is 1. The normalized spacial score (nSPS) is 21.5. The van der Waals surface area contributed by atoms with Crippen LogP contribution < -0.4 is 5.32 Å². The highest BCUT2D eigenvalue weighted by Crippen LogP contribution is 2.27. The summed E-state index contributed by atoms with van der Waals surface area (Å²) in [6, 6.07) is 8.27. The number of benzene rings is 1. The van der Waals surface area contributed by atoms with E-state index in [2.05, 4.69) is 11.4 Å². The van der Waals surface area contributed by atoms with Crippen molar-refractivity contribution < 1.29 is 13.2 Å². The van der Waals surface area contributed by atoms with Crippen LogP contribution in [0, 0.1) is 0 Å². The minimum atomic E-state index is -3.55. The fourth-order valence-electron chi connectivity index (χ4n) is 4.00. The van der Waals surface area contributed by atoms with Crippen molar-refractivity contribution >= 4 is 15.9 Å². The molecule has 0 saturated carbocycles. The maximum absolute atomic E-state index is 13.0. The summed E-state index contributed by atoms with van der Waals surface area (Å²) in [5.41, 5.74) is 1.44. The highest BCUT2D eigenvalue weighted by atomic mass is 32.2. The molecule has 1 saturated heterocycles. The van der Waals surface area contributed by atoms with Crippen LogP contribution in [-0.2, 0) is 14.8 Å². The van der Waals surface area contributed by atoms with Crippen molar-refractivity contribution in [2.45, 2.75) is 68.7 Å². The zero-order chi connectivity index (χ0) is 19.1. The number of hydrogen-bond donors (Lipinski definition) is 1. The molecule has 0 spiro atoms. The maximum atomic E-state index is 13.0. The highest BCUT2D eigenvalue weighted by molar-refractivity contribution is 7.89. The molecule has 1 fully saturated rings. The van der Waals surface area contributed by atoms with Crippen LogP contribution in [0.4, 0.5) is 0 Å². The summed E-state index contributed by atoms with van der Waals surface area (Å²) in [6.45, 7) is 1.13. The van der Waals surface area contributed by atoms with Gasteiger partial charge in [-0.2, -0.15) is 4.31 Å². The third kappa shape index (κ3) is 5.42. The first-order chi connectivity index (χ1) is 13.1. The van der Waals surface area contributed by atoms with Gasteiger partial charge in [-0.3, -0.25) is 4.79 Å². The molecule has 1 atom stereocenters. The average Bonchev–Trinajstić information content (AvgIpc) is 2.70. The molecule has 2 aliphatic rings. The smallest absolute Gasteiger partial charge is 0.243 e. The fourth-order valence-corrected chi connectivity index (χ4v) is 5.72. The molecule has 1 heterocycles. The highest BCUT2D eigenvalue weighted by Gasteiger charge is 2.34. The number of rotatable bonds is 7. The summed E-state index contributed by atoms with van der Waals surface area (Å²) in [4.78, 5) is 12.7. The van der Waals surface area contributed by atoms with E-state index in [1.807, 2.05) is 6.07 Å². The van der Waals surface area contributed by atoms with Crippen LogP contribution in [0.25, 0.3) is 0 Å². The van der Waals surface area contributed by atoms with E-state index < -0.39 is 10.0 Å². The minimum Gasteiger partial charge on any atom is -0.356 e. The van der Waals surface area contributed by atoms with Crippen LogP contribution in [0.15, 0.2) is 46.9 Å². The van der Waals surface area contributed by atoms with Gasteiger partial charge in [-0.25, -0.2) is 8.42 Å². The molecule has 6 heteroatoms. The Morgan fingerprint density at radius 1 is 1.11 bits per heavy atom. The Morgan fingerprint density at radius 3 is 2.67 bits per heavy atom. The summed E-state index contributed by atoms with van der Waals surface area (Å²) >= 11 is 0. The van der Waals surface area contributed by atoms with E-state index in [0.29, 0.717) is 18.0 Å². The first-order valence-corrected chi connectivity index (χ1v) is 11.5. The fraction of sp³-hybridized carbons (Fsp3) is 0.571. The lowest BCUT2D eigenvalue weighted by molar-refractivity contribution is -0.122. The number of amides is 1. The Labute approximate surface area is 162 Å². The first kappa shape index (κ1) is 20.1. The van der Waals surface area contributed by atoms with Gasteiger partial charge in [-0.15, -0.1) is 0 Å². The summed E-state index contributed by atoms with van der Waals surface area (Å²) in [5.74, 6) is -0.0495. The SMILES string of the molecule is O=C(C[C@@H]1CCCCN1S(=O)(=O)c1ccccc1)NCCC1=CCCCC1. The standard InChI is InChI=1S/C21H30N2O3S/c24-21(22-15-14-18-9-3-1-4-10-18)17-19-11-7-8-16-23(19)27(25,26)20-12-5-2-6-13-20/h2,5-6,9,12-13,19H,1,3-4,7-8,10-11,14-17H2,(H,22,24)/t19-/m0/s1. The molecule has 1 aliphatic heterocycles. The molecule has 1 aliphatic carbocycles. The molecule has 1 N–H and O–H groups in total. The molecular weight excluding hydrogens is 360 g/mol. The number of allylic oxidation sites excluding steroid dienone is 1. The maximum Gasteiger partial charge on any atom is 0.243 e. The van der Waals surface area contributed by atoms with E-state index in [0.717, 1.165) is 38.5 Å². The topological polar surface area (TPSA) is 66.5 Å². The van der Waals surface area contributed by atoms with Crippen molar-refractivity contribution in [2.24, 2.45) is 0 Å². The van der Waals surface area contributed by atoms with Gasteiger partial charge in [0, 0.05) is 25.6 Å². The van der Waals surface area contributed by atoms with E-state index >= 15 is 0 Å². The lowest BCUT2D eigenvalue weighted by Gasteiger charge is -2.34. The van der Waals surface area contributed by atoms with Crippen molar-refractivity contribution in [3.05, 3.63) is 42.0 Å². The second-order valence-corrected chi connectivity index (χ2v) is 9.38. The third-order valence-electron chi connectivity index (χ3n) is 5.50. The molecule has 148 valence electrons. The van der Waals surface area contributed by atoms with Crippen LogP contribution in [0.5, 0.6) is 0 Å². The number of carbonyl (C=O) groups excluding carboxylic acids is 1. The van der Waals surface area contributed by atoms with Crippen molar-refractivity contribution in [2.75, 3.05) is 13.1 Å². The molecule has 1 aromatic carbocycles. The van der Waals surface area contributed by atoms with Gasteiger partial charge in [0.2, 0.25) is 15.9 Å². The minimum absolute atomic E-state index is 0.0495. The van der Waals surface area contributed by atoms with E-state index in [1.54, 1.807) is 24.3 Å². The number of sulfonamides is 1. The molecule has 0 unspecified atom stereocenters. The van der Waals surface area contributed by atoms with Gasteiger partial charge in [-0.05, 0) is 57.1 Å². The van der Waals surface area contributed by atoms with Crippen LogP contribution >= 0.6 is 0 Å². The quantitative estimate of drug-likeness (QED) is 0.723. The Kier molecular flexibility index (Phi) is 7.07. The monoisotopic (exact) mass is 390 g/mol. The largest absolute Gasteiger partial charge is 0.356 e. The van der Waals surface area contributed by atoms with E-state index in [4.69, 9.17) is 0 Å². The van der Waals surface area contributed by atoms with Gasteiger partial charge in [0.25, 0.3) is 0 Å². The summed E-state index contributed by atoms with van der Waals surface area (Å²) < 4.78 is 27.5. The van der Waals surface area contributed by atoms with E-state index in [1.165, 1.54) is 22.7 Å². The molecule has 1 aromatic rings. The van der Waals surface area contributed by atoms with Crippen LogP contribution in [0.2, 0.25) is 0 Å². The second kappa shape index (κ2) is 9.51. The van der Waals surface area contributed by atoms with Gasteiger partial charge < -0.3 is 5.32 Å². The Hall–Kier alpha value is -1.66. The van der Waals surface area contributed by atoms with Gasteiger partial charge in [-0.1, -0.05) is 36.3 Å².